The van der Waals surface area contributed by atoms with E-state index in [0.717, 1.165) is 30.8 Å². The van der Waals surface area contributed by atoms with Gasteiger partial charge in [0.05, 0.1) is 0 Å². The summed E-state index contributed by atoms with van der Waals surface area (Å²) < 4.78 is 11.4. The van der Waals surface area contributed by atoms with Crippen molar-refractivity contribution in [3.8, 4) is 0 Å². The number of aliphatic hydroxyl groups is 1. The van der Waals surface area contributed by atoms with Crippen molar-refractivity contribution >= 4 is 10.8 Å². The highest BCUT2D eigenvalue weighted by Gasteiger charge is 1.99. The summed E-state index contributed by atoms with van der Waals surface area (Å²) >= 11 is 0. The van der Waals surface area contributed by atoms with Crippen LogP contribution in [0.1, 0.15) is 58.3 Å². The highest BCUT2D eigenvalue weighted by Crippen LogP contribution is 2.06. The smallest absolute Gasteiger partial charge is 0.0431 e. The van der Waals surface area contributed by atoms with Crippen LogP contribution in [0.3, 0.4) is 0 Å². The van der Waals surface area contributed by atoms with Crippen LogP contribution in [0, 0.1) is 0 Å². The van der Waals surface area contributed by atoms with E-state index < -0.39 is 10.8 Å². The zero-order valence-corrected chi connectivity index (χ0v) is 10.9. The predicted molar refractivity (Wildman–Crippen MR) is 67.6 cm³/mol. The second-order valence-electron chi connectivity index (χ2n) is 4.05. The average molecular weight is 234 g/mol. The van der Waals surface area contributed by atoms with E-state index in [2.05, 4.69) is 6.92 Å². The van der Waals surface area contributed by atoms with Gasteiger partial charge in [-0.1, -0.05) is 39.0 Å². The first-order valence-electron chi connectivity index (χ1n) is 6.27. The molecule has 0 aromatic heterocycles. The molecule has 0 heterocycles. The Morgan fingerprint density at radius 2 is 1.40 bits per heavy atom. The van der Waals surface area contributed by atoms with Crippen molar-refractivity contribution in [3.05, 3.63) is 0 Å². The Labute approximate surface area is 96.9 Å². The summed E-state index contributed by atoms with van der Waals surface area (Å²) in [5.74, 6) is 1.63. The van der Waals surface area contributed by atoms with E-state index in [-0.39, 0.29) is 6.61 Å². The van der Waals surface area contributed by atoms with Crippen molar-refractivity contribution in [2.45, 2.75) is 58.3 Å². The Morgan fingerprint density at radius 1 is 0.867 bits per heavy atom. The van der Waals surface area contributed by atoms with Gasteiger partial charge in [-0.05, 0) is 19.3 Å². The maximum atomic E-state index is 11.4. The lowest BCUT2D eigenvalue weighted by molar-refractivity contribution is 0.287. The Kier molecular flexibility index (Phi) is 12.3. The van der Waals surface area contributed by atoms with E-state index in [1.54, 1.807) is 0 Å². The minimum atomic E-state index is -0.640. The first kappa shape index (κ1) is 15.1. The van der Waals surface area contributed by atoms with Crippen molar-refractivity contribution in [3.63, 3.8) is 0 Å². The van der Waals surface area contributed by atoms with E-state index >= 15 is 0 Å². The molecular weight excluding hydrogens is 208 g/mol. The highest BCUT2D eigenvalue weighted by atomic mass is 32.2. The SMILES string of the molecule is CCCCCCCC[S@](=O)CCCCO. The molecule has 0 aliphatic rings. The van der Waals surface area contributed by atoms with Gasteiger partial charge in [0.2, 0.25) is 0 Å². The molecule has 0 aromatic carbocycles. The van der Waals surface area contributed by atoms with Crippen molar-refractivity contribution in [1.29, 1.82) is 0 Å². The van der Waals surface area contributed by atoms with E-state index in [4.69, 9.17) is 5.11 Å². The fraction of sp³-hybridized carbons (Fsp3) is 1.00. The summed E-state index contributed by atoms with van der Waals surface area (Å²) in [7, 11) is -0.640. The van der Waals surface area contributed by atoms with Crippen LogP contribution in [-0.4, -0.2) is 27.4 Å². The summed E-state index contributed by atoms with van der Waals surface area (Å²) in [6, 6.07) is 0. The highest BCUT2D eigenvalue weighted by molar-refractivity contribution is 7.84. The average Bonchev–Trinajstić information content (AvgIpc) is 2.23. The second kappa shape index (κ2) is 12.2. The van der Waals surface area contributed by atoms with Crippen LogP contribution in [0.5, 0.6) is 0 Å². The maximum Gasteiger partial charge on any atom is 0.0431 e. The Bertz CT molecular complexity index is 149. The number of rotatable bonds is 11. The first-order valence-corrected chi connectivity index (χ1v) is 7.76. The molecule has 2 nitrogen and oxygen atoms in total. The Balaban J connectivity index is 3.10. The van der Waals surface area contributed by atoms with Crippen molar-refractivity contribution in [2.75, 3.05) is 18.1 Å². The molecule has 15 heavy (non-hydrogen) atoms. The third kappa shape index (κ3) is 12.0. The second-order valence-corrected chi connectivity index (χ2v) is 5.74. The Hall–Kier alpha value is 0.110. The summed E-state index contributed by atoms with van der Waals surface area (Å²) in [4.78, 5) is 0. The van der Waals surface area contributed by atoms with Gasteiger partial charge in [0.15, 0.2) is 0 Å². The lowest BCUT2D eigenvalue weighted by Gasteiger charge is -2.02. The van der Waals surface area contributed by atoms with Gasteiger partial charge in [-0.15, -0.1) is 0 Å². The van der Waals surface area contributed by atoms with Crippen molar-refractivity contribution in [1.82, 2.24) is 0 Å². The molecule has 0 rings (SSSR count). The van der Waals surface area contributed by atoms with Gasteiger partial charge in [-0.2, -0.15) is 0 Å². The maximum absolute atomic E-state index is 11.4. The quantitative estimate of drug-likeness (QED) is 0.558. The van der Waals surface area contributed by atoms with E-state index in [1.165, 1.54) is 32.1 Å². The largest absolute Gasteiger partial charge is 0.396 e. The van der Waals surface area contributed by atoms with Gasteiger partial charge >= 0.3 is 0 Å². The summed E-state index contributed by atoms with van der Waals surface area (Å²) in [5, 5.41) is 8.58. The minimum Gasteiger partial charge on any atom is -0.396 e. The van der Waals surface area contributed by atoms with Gasteiger partial charge in [0.25, 0.3) is 0 Å². The van der Waals surface area contributed by atoms with E-state index in [1.807, 2.05) is 0 Å². The fourth-order valence-electron chi connectivity index (χ4n) is 1.52. The van der Waals surface area contributed by atoms with Gasteiger partial charge in [0, 0.05) is 28.9 Å². The topological polar surface area (TPSA) is 37.3 Å². The third-order valence-electron chi connectivity index (χ3n) is 2.51. The lowest BCUT2D eigenvalue weighted by Crippen LogP contribution is -2.03. The minimum absolute atomic E-state index is 0.230. The standard InChI is InChI=1S/C12H26O2S/c1-2-3-4-5-6-8-11-15(14)12-9-7-10-13/h13H,2-12H2,1H3/t15-/m0/s1. The van der Waals surface area contributed by atoms with E-state index in [9.17, 15) is 4.21 Å². The monoisotopic (exact) mass is 234 g/mol. The molecule has 1 atom stereocenters. The van der Waals surface area contributed by atoms with Crippen LogP contribution < -0.4 is 0 Å². The molecule has 1 N–H and O–H groups in total. The fourth-order valence-corrected chi connectivity index (χ4v) is 2.78. The lowest BCUT2D eigenvalue weighted by atomic mass is 10.1. The first-order chi connectivity index (χ1) is 7.31. The molecule has 0 aliphatic heterocycles. The van der Waals surface area contributed by atoms with Crippen LogP contribution in [0.25, 0.3) is 0 Å². The molecule has 0 bridgehead atoms. The molecule has 92 valence electrons. The summed E-state index contributed by atoms with van der Waals surface area (Å²) in [5.41, 5.74) is 0. The summed E-state index contributed by atoms with van der Waals surface area (Å²) in [6.45, 7) is 2.45. The summed E-state index contributed by atoms with van der Waals surface area (Å²) in [6.07, 6.45) is 9.27. The van der Waals surface area contributed by atoms with E-state index in [0.29, 0.717) is 0 Å². The van der Waals surface area contributed by atoms with Gasteiger partial charge in [0.1, 0.15) is 0 Å². The normalized spacial score (nSPS) is 12.9. The molecule has 0 spiro atoms. The third-order valence-corrected chi connectivity index (χ3v) is 3.99. The van der Waals surface area contributed by atoms with Gasteiger partial charge in [-0.25, -0.2) is 0 Å². The number of hydrogen-bond donors (Lipinski definition) is 1. The molecular formula is C12H26O2S. The van der Waals surface area contributed by atoms with Crippen LogP contribution in [0.2, 0.25) is 0 Å². The van der Waals surface area contributed by atoms with Crippen LogP contribution in [0.4, 0.5) is 0 Å². The molecule has 0 radical (unpaired) electrons. The molecule has 0 saturated heterocycles. The molecule has 0 aliphatic carbocycles. The van der Waals surface area contributed by atoms with Gasteiger partial charge in [-0.3, -0.25) is 4.21 Å². The van der Waals surface area contributed by atoms with Crippen LogP contribution in [-0.2, 0) is 10.8 Å². The molecule has 0 amide bonds. The van der Waals surface area contributed by atoms with Crippen molar-refractivity contribution in [2.24, 2.45) is 0 Å². The predicted octanol–water partition coefficient (Wildman–Crippen LogP) is 2.87. The molecule has 0 aromatic rings. The number of unbranched alkanes of at least 4 members (excludes halogenated alkanes) is 6. The number of aliphatic hydroxyl groups excluding tert-OH is 1. The zero-order valence-electron chi connectivity index (χ0n) is 10.0. The van der Waals surface area contributed by atoms with Crippen LogP contribution in [0.15, 0.2) is 0 Å². The number of hydrogen-bond acceptors (Lipinski definition) is 2. The molecule has 0 fully saturated rings. The molecule has 3 heteroatoms. The van der Waals surface area contributed by atoms with Gasteiger partial charge < -0.3 is 5.11 Å². The van der Waals surface area contributed by atoms with Crippen LogP contribution >= 0.6 is 0 Å². The molecule has 0 unspecified atom stereocenters. The van der Waals surface area contributed by atoms with Crippen molar-refractivity contribution < 1.29 is 9.32 Å². The Morgan fingerprint density at radius 3 is 2.00 bits per heavy atom. The molecule has 0 saturated carbocycles. The zero-order chi connectivity index (χ0) is 11.4.